The number of aliphatic hydroxyl groups is 1. The highest BCUT2D eigenvalue weighted by Crippen LogP contribution is 2.30. The van der Waals surface area contributed by atoms with E-state index in [4.69, 9.17) is 15.2 Å². The van der Waals surface area contributed by atoms with Gasteiger partial charge in [0, 0.05) is 24.5 Å². The number of aryl methyl sites for hydroxylation is 2. The van der Waals surface area contributed by atoms with Gasteiger partial charge in [-0.2, -0.15) is 0 Å². The average Bonchev–Trinajstić information content (AvgIpc) is 3.54. The van der Waals surface area contributed by atoms with E-state index in [1.54, 1.807) is 59.2 Å². The first-order valence-electron chi connectivity index (χ1n) is 15.8. The Morgan fingerprint density at radius 1 is 1.08 bits per heavy atom. The van der Waals surface area contributed by atoms with Gasteiger partial charge in [-0.1, -0.05) is 29.8 Å². The average molecular weight is 717 g/mol. The Morgan fingerprint density at radius 2 is 1.76 bits per heavy atom. The van der Waals surface area contributed by atoms with Crippen molar-refractivity contribution in [2.45, 2.75) is 96.4 Å². The van der Waals surface area contributed by atoms with E-state index in [2.05, 4.69) is 25.3 Å². The van der Waals surface area contributed by atoms with Gasteiger partial charge < -0.3 is 30.9 Å². The Hall–Kier alpha value is -4.21. The second-order valence-electron chi connectivity index (χ2n) is 12.8. The summed E-state index contributed by atoms with van der Waals surface area (Å²) in [7, 11) is -2.53. The maximum absolute atomic E-state index is 13.7. The van der Waals surface area contributed by atoms with Crippen LogP contribution in [0.2, 0.25) is 0 Å². The summed E-state index contributed by atoms with van der Waals surface area (Å²) in [5.41, 5.74) is 8.81. The minimum Gasteiger partial charge on any atom is -0.496 e. The zero-order valence-electron chi connectivity index (χ0n) is 29.3. The zero-order valence-corrected chi connectivity index (χ0v) is 30.9. The van der Waals surface area contributed by atoms with Gasteiger partial charge in [-0.15, -0.1) is 11.3 Å². The molecule has 0 aliphatic rings. The normalized spacial score (nSPS) is 14.0. The van der Waals surface area contributed by atoms with Crippen molar-refractivity contribution in [2.75, 3.05) is 13.7 Å². The first-order valence-corrected chi connectivity index (χ1v) is 18.2. The van der Waals surface area contributed by atoms with Crippen LogP contribution in [0, 0.1) is 27.7 Å². The second-order valence-corrected chi connectivity index (χ2v) is 15.4. The summed E-state index contributed by atoms with van der Waals surface area (Å²) in [5, 5.41) is 18.9. The molecule has 1 heterocycles. The number of nitrogens with one attached hydrogen (secondary N) is 3. The van der Waals surface area contributed by atoms with E-state index in [1.165, 1.54) is 18.4 Å². The molecule has 0 saturated heterocycles. The van der Waals surface area contributed by atoms with Crippen molar-refractivity contribution >= 4 is 39.3 Å². The zero-order chi connectivity index (χ0) is 36.5. The van der Waals surface area contributed by atoms with Crippen molar-refractivity contribution < 1.29 is 32.6 Å². The predicted octanol–water partition coefficient (Wildman–Crippen LogP) is 4.11. The van der Waals surface area contributed by atoms with E-state index < -0.39 is 45.8 Å². The van der Waals surface area contributed by atoms with Gasteiger partial charge >= 0.3 is 6.09 Å². The number of sulfonamides is 1. The molecule has 1 aromatic heterocycles. The number of thiazole rings is 1. The number of amides is 2. The molecule has 3 atom stereocenters. The third-order valence-corrected chi connectivity index (χ3v) is 10.1. The molecule has 0 radical (unpaired) electrons. The van der Waals surface area contributed by atoms with Gasteiger partial charge in [-0.05, 0) is 89.6 Å². The number of carbonyl (C=O) groups excluding carboxylic acids is 2. The van der Waals surface area contributed by atoms with Crippen molar-refractivity contribution in [1.29, 1.82) is 0 Å². The fourth-order valence-corrected chi connectivity index (χ4v) is 7.31. The molecule has 1 unspecified atom stereocenters. The van der Waals surface area contributed by atoms with E-state index in [1.807, 2.05) is 31.2 Å². The van der Waals surface area contributed by atoms with Crippen LogP contribution in [0.3, 0.4) is 0 Å². The highest BCUT2D eigenvalue weighted by molar-refractivity contribution is 7.90. The second kappa shape index (κ2) is 16.9. The molecule has 0 aliphatic heterocycles. The molecule has 0 saturated carbocycles. The maximum atomic E-state index is 13.7. The van der Waals surface area contributed by atoms with Crippen LogP contribution in [0.4, 0.5) is 4.79 Å². The molecular weight excluding hydrogens is 669 g/mol. The smallest absolute Gasteiger partial charge is 0.408 e. The van der Waals surface area contributed by atoms with Gasteiger partial charge in [0.15, 0.2) is 0 Å². The van der Waals surface area contributed by atoms with Gasteiger partial charge in [0.25, 0.3) is 10.0 Å². The van der Waals surface area contributed by atoms with Crippen LogP contribution in [0.5, 0.6) is 5.75 Å². The summed E-state index contributed by atoms with van der Waals surface area (Å²) in [4.78, 5) is 34.9. The number of aromatic nitrogens is 1. The van der Waals surface area contributed by atoms with E-state index in [-0.39, 0.29) is 30.2 Å². The predicted molar refractivity (Wildman–Crippen MR) is 190 cm³/mol. The number of hydrogen-bond acceptors (Lipinski definition) is 10. The van der Waals surface area contributed by atoms with Crippen molar-refractivity contribution in [3.8, 4) is 5.75 Å². The van der Waals surface area contributed by atoms with Crippen LogP contribution >= 0.6 is 11.3 Å². The molecule has 3 rings (SSSR count). The van der Waals surface area contributed by atoms with E-state index in [0.717, 1.165) is 11.1 Å². The Kier molecular flexibility index (Phi) is 13.6. The molecule has 49 heavy (non-hydrogen) atoms. The molecule has 2 amide bonds. The number of hydrogen-bond donors (Lipinski definition) is 5. The number of nitrogens with zero attached hydrogens (tertiary/aromatic N) is 2. The lowest BCUT2D eigenvalue weighted by Gasteiger charge is -2.27. The minimum atomic E-state index is -4.05. The highest BCUT2D eigenvalue weighted by Gasteiger charge is 2.30. The third kappa shape index (κ3) is 11.4. The fourth-order valence-electron chi connectivity index (χ4n) is 5.14. The summed E-state index contributed by atoms with van der Waals surface area (Å²) < 4.78 is 39.6. The fraction of sp³-hybridized carbons (Fsp3) is 0.471. The summed E-state index contributed by atoms with van der Waals surface area (Å²) in [6, 6.07) is 7.41. The van der Waals surface area contributed by atoms with Crippen LogP contribution in [-0.2, 0) is 26.0 Å². The number of rotatable bonds is 14. The van der Waals surface area contributed by atoms with E-state index in [0.29, 0.717) is 33.9 Å². The van der Waals surface area contributed by atoms with Crippen LogP contribution < -0.4 is 25.8 Å². The molecule has 6 N–H and O–H groups in total. The Bertz CT molecular complexity index is 1720. The van der Waals surface area contributed by atoms with E-state index >= 15 is 0 Å². The number of alkyl carbamates (subject to hydrolysis) is 1. The van der Waals surface area contributed by atoms with Crippen LogP contribution in [0.25, 0.3) is 0 Å². The molecule has 3 aromatic rings. The van der Waals surface area contributed by atoms with Crippen LogP contribution in [0.1, 0.15) is 72.5 Å². The first-order chi connectivity index (χ1) is 22.9. The molecule has 0 bridgehead atoms. The molecule has 0 fully saturated rings. The SMILES string of the molecule is COc1cc(C)c(S(=O)(=O)NC(N)=NCCC[C@H](NC(=O)[C@H](Cc2ccc(C)cc2)NC(=O)OC(C)(C)C)C(O)c2nccs2)c(C)c1C. The summed E-state index contributed by atoms with van der Waals surface area (Å²) in [6.07, 6.45) is 0.373. The largest absolute Gasteiger partial charge is 0.496 e. The number of aliphatic hydroxyl groups excluding tert-OH is 1. The number of aliphatic imine (C=N–C) groups is 1. The van der Waals surface area contributed by atoms with Gasteiger partial charge in [0.2, 0.25) is 11.9 Å². The number of nitrogens with two attached hydrogens (primary N) is 1. The number of ether oxygens (including phenoxy) is 2. The third-order valence-electron chi connectivity index (χ3n) is 7.64. The Balaban J connectivity index is 1.75. The molecule has 13 nitrogen and oxygen atoms in total. The highest BCUT2D eigenvalue weighted by atomic mass is 32.2. The molecule has 0 spiro atoms. The summed E-state index contributed by atoms with van der Waals surface area (Å²) in [5.74, 6) is -0.240. The monoisotopic (exact) mass is 716 g/mol. The van der Waals surface area contributed by atoms with Crippen molar-refractivity contribution in [1.82, 2.24) is 20.3 Å². The lowest BCUT2D eigenvalue weighted by molar-refractivity contribution is -0.124. The minimum absolute atomic E-state index is 0.0911. The number of methoxy groups -OCH3 is 1. The molecule has 0 aliphatic carbocycles. The van der Waals surface area contributed by atoms with Crippen molar-refractivity contribution in [2.24, 2.45) is 10.7 Å². The van der Waals surface area contributed by atoms with Crippen LogP contribution in [0.15, 0.2) is 51.8 Å². The van der Waals surface area contributed by atoms with Gasteiger partial charge in [0.1, 0.15) is 28.5 Å². The standard InChI is InChI=1S/C34H48N6O7S2/c1-20-11-13-24(14-12-20)19-26(39-33(43)47-34(5,6)7)30(42)38-25(28(41)31-36-16-17-48-31)10-9-15-37-32(35)40-49(44,45)29-21(2)18-27(46-8)22(3)23(29)4/h11-14,16-18,25-26,28,41H,9-10,15,19H2,1-8H3,(H,38,42)(H,39,43)(H3,35,37,40)/t25-,26-,28?/m0/s1. The molecule has 268 valence electrons. The number of carbonyl (C=O) groups is 2. The molecule has 15 heteroatoms. The lowest BCUT2D eigenvalue weighted by Crippen LogP contribution is -2.52. The van der Waals surface area contributed by atoms with Crippen molar-refractivity contribution in [3.05, 3.63) is 74.7 Å². The Labute approximate surface area is 292 Å². The van der Waals surface area contributed by atoms with E-state index in [9.17, 15) is 23.1 Å². The van der Waals surface area contributed by atoms with Gasteiger partial charge in [-0.3, -0.25) is 9.79 Å². The van der Waals surface area contributed by atoms with Crippen LogP contribution in [-0.4, -0.2) is 67.8 Å². The van der Waals surface area contributed by atoms with Crippen molar-refractivity contribution in [3.63, 3.8) is 0 Å². The summed E-state index contributed by atoms with van der Waals surface area (Å²) in [6.45, 7) is 12.4. The van der Waals surface area contributed by atoms with Gasteiger partial charge in [0.05, 0.1) is 18.0 Å². The van der Waals surface area contributed by atoms with Gasteiger partial charge in [-0.25, -0.2) is 22.9 Å². The number of benzene rings is 2. The quantitative estimate of drug-likeness (QED) is 0.0927. The first kappa shape index (κ1) is 39.2. The topological polar surface area (TPSA) is 194 Å². The summed E-state index contributed by atoms with van der Waals surface area (Å²) >= 11 is 1.24. The molecule has 2 aromatic carbocycles. The number of guanidine groups is 1. The Morgan fingerprint density at radius 3 is 2.35 bits per heavy atom. The maximum Gasteiger partial charge on any atom is 0.408 e. The molecular formula is C34H48N6O7S2. The lowest BCUT2D eigenvalue weighted by atomic mass is 10.0.